The summed E-state index contributed by atoms with van der Waals surface area (Å²) in [5, 5.41) is 0. The van der Waals surface area contributed by atoms with Crippen LogP contribution >= 0.6 is 0 Å². The van der Waals surface area contributed by atoms with Crippen molar-refractivity contribution in [3.8, 4) is 0 Å². The van der Waals surface area contributed by atoms with Gasteiger partial charge in [-0.05, 0) is 25.8 Å². The number of allylic oxidation sites excluding steroid dienone is 2. The van der Waals surface area contributed by atoms with E-state index < -0.39 is 0 Å². The van der Waals surface area contributed by atoms with Crippen LogP contribution < -0.4 is 0 Å². The quantitative estimate of drug-likeness (QED) is 0.740. The van der Waals surface area contributed by atoms with Gasteiger partial charge in [0, 0.05) is 37.9 Å². The Morgan fingerprint density at radius 3 is 2.53 bits per heavy atom. The van der Waals surface area contributed by atoms with E-state index in [9.17, 15) is 0 Å². The molecule has 0 bridgehead atoms. The Bertz CT molecular complexity index is 281. The fourth-order valence-electron chi connectivity index (χ4n) is 2.59. The van der Waals surface area contributed by atoms with Gasteiger partial charge in [-0.3, -0.25) is 4.90 Å². The average Bonchev–Trinajstić information content (AvgIpc) is 2.30. The number of hydrogen-bond donors (Lipinski definition) is 0. The van der Waals surface area contributed by atoms with Crippen molar-refractivity contribution in [2.24, 2.45) is 5.92 Å². The zero-order valence-corrected chi connectivity index (χ0v) is 12.1. The summed E-state index contributed by atoms with van der Waals surface area (Å²) in [5.74, 6) is 0.755. The third kappa shape index (κ3) is 3.35. The van der Waals surface area contributed by atoms with Crippen LogP contribution in [0.15, 0.2) is 24.4 Å². The maximum Gasteiger partial charge on any atom is 0.0390 e. The normalized spacial score (nSPS) is 26.6. The van der Waals surface area contributed by atoms with Crippen LogP contribution in [0.25, 0.3) is 0 Å². The van der Waals surface area contributed by atoms with Crippen molar-refractivity contribution < 1.29 is 0 Å². The van der Waals surface area contributed by atoms with Crippen LogP contribution in [0, 0.1) is 5.92 Å². The monoisotopic (exact) mass is 236 g/mol. The summed E-state index contributed by atoms with van der Waals surface area (Å²) in [6.07, 6.45) is 5.29. The Hall–Kier alpha value is -0.760. The lowest BCUT2D eigenvalue weighted by molar-refractivity contribution is 0.0599. The van der Waals surface area contributed by atoms with Gasteiger partial charge in [-0.2, -0.15) is 0 Å². The molecular weight excluding hydrogens is 208 g/mol. The lowest BCUT2D eigenvalue weighted by Crippen LogP contribution is -2.55. The van der Waals surface area contributed by atoms with Crippen molar-refractivity contribution in [2.45, 2.75) is 46.2 Å². The topological polar surface area (TPSA) is 6.48 Å². The number of nitrogens with zero attached hydrogens (tertiary/aromatic N) is 2. The molecule has 1 aliphatic rings. The highest BCUT2D eigenvalue weighted by Crippen LogP contribution is 2.25. The number of rotatable bonds is 4. The lowest BCUT2D eigenvalue weighted by atomic mass is 9.93. The highest BCUT2D eigenvalue weighted by atomic mass is 15.3. The molecule has 1 fully saturated rings. The Morgan fingerprint density at radius 1 is 1.41 bits per heavy atom. The highest BCUT2D eigenvalue weighted by Gasteiger charge is 2.32. The van der Waals surface area contributed by atoms with Gasteiger partial charge >= 0.3 is 0 Å². The largest absolute Gasteiger partial charge is 0.375 e. The summed E-state index contributed by atoms with van der Waals surface area (Å²) in [6.45, 7) is 15.2. The molecule has 0 aromatic heterocycles. The maximum absolute atomic E-state index is 3.81. The predicted octanol–water partition coefficient (Wildman–Crippen LogP) is 3.13. The molecule has 2 heteroatoms. The standard InChI is InChI=1S/C15H28N2/c1-7-9-14-10-17(12(3)4)15(11-16(14)6)13(5)8-2/h7,9,12-13,15H,1,8,10-11H2,2-6H3/b14-9-. The first-order valence-corrected chi connectivity index (χ1v) is 6.79. The third-order valence-electron chi connectivity index (χ3n) is 4.00. The summed E-state index contributed by atoms with van der Waals surface area (Å²) in [7, 11) is 2.20. The molecule has 1 rings (SSSR count). The Labute approximate surface area is 107 Å². The van der Waals surface area contributed by atoms with Gasteiger partial charge in [0.2, 0.25) is 0 Å². The first-order valence-electron chi connectivity index (χ1n) is 6.79. The number of piperazine rings is 1. The fraction of sp³-hybridized carbons (Fsp3) is 0.733. The molecule has 0 aromatic carbocycles. The van der Waals surface area contributed by atoms with E-state index in [0.717, 1.165) is 19.0 Å². The summed E-state index contributed by atoms with van der Waals surface area (Å²) in [6, 6.07) is 1.28. The molecule has 1 aliphatic heterocycles. The van der Waals surface area contributed by atoms with Crippen LogP contribution in [0.4, 0.5) is 0 Å². The second-order valence-corrected chi connectivity index (χ2v) is 5.49. The van der Waals surface area contributed by atoms with Crippen molar-refractivity contribution in [1.29, 1.82) is 0 Å². The van der Waals surface area contributed by atoms with Crippen molar-refractivity contribution in [3.63, 3.8) is 0 Å². The van der Waals surface area contributed by atoms with Crippen LogP contribution in [0.3, 0.4) is 0 Å². The predicted molar refractivity (Wildman–Crippen MR) is 76.0 cm³/mol. The second kappa shape index (κ2) is 6.25. The molecule has 17 heavy (non-hydrogen) atoms. The Balaban J connectivity index is 2.87. The van der Waals surface area contributed by atoms with E-state index in [1.54, 1.807) is 0 Å². The van der Waals surface area contributed by atoms with Gasteiger partial charge in [0.25, 0.3) is 0 Å². The third-order valence-corrected chi connectivity index (χ3v) is 4.00. The molecule has 0 saturated carbocycles. The van der Waals surface area contributed by atoms with E-state index >= 15 is 0 Å². The van der Waals surface area contributed by atoms with Gasteiger partial charge in [0.15, 0.2) is 0 Å². The fourth-order valence-corrected chi connectivity index (χ4v) is 2.59. The minimum Gasteiger partial charge on any atom is -0.375 e. The van der Waals surface area contributed by atoms with Crippen LogP contribution in [0.2, 0.25) is 0 Å². The molecule has 1 heterocycles. The summed E-state index contributed by atoms with van der Waals surface area (Å²) in [5.41, 5.74) is 1.38. The first kappa shape index (κ1) is 14.3. The highest BCUT2D eigenvalue weighted by molar-refractivity contribution is 5.14. The van der Waals surface area contributed by atoms with Crippen molar-refractivity contribution in [2.75, 3.05) is 20.1 Å². The lowest BCUT2D eigenvalue weighted by Gasteiger charge is -2.46. The molecule has 98 valence electrons. The molecule has 0 aromatic rings. The van der Waals surface area contributed by atoms with Crippen molar-refractivity contribution in [3.05, 3.63) is 24.4 Å². The zero-order valence-electron chi connectivity index (χ0n) is 12.1. The van der Waals surface area contributed by atoms with E-state index in [1.165, 1.54) is 12.1 Å². The van der Waals surface area contributed by atoms with Gasteiger partial charge in [-0.25, -0.2) is 0 Å². The van der Waals surface area contributed by atoms with Crippen LogP contribution in [-0.4, -0.2) is 42.0 Å². The minimum atomic E-state index is 0.607. The molecular formula is C15H28N2. The second-order valence-electron chi connectivity index (χ2n) is 5.49. The van der Waals surface area contributed by atoms with Crippen molar-refractivity contribution in [1.82, 2.24) is 9.80 Å². The zero-order chi connectivity index (χ0) is 13.0. The van der Waals surface area contributed by atoms with Crippen LogP contribution in [0.1, 0.15) is 34.1 Å². The van der Waals surface area contributed by atoms with E-state index in [4.69, 9.17) is 0 Å². The molecule has 0 aliphatic carbocycles. The van der Waals surface area contributed by atoms with Gasteiger partial charge in [-0.1, -0.05) is 32.9 Å². The van der Waals surface area contributed by atoms with E-state index in [0.29, 0.717) is 12.1 Å². The Morgan fingerprint density at radius 2 is 2.06 bits per heavy atom. The average molecular weight is 236 g/mol. The van der Waals surface area contributed by atoms with E-state index in [2.05, 4.69) is 57.2 Å². The molecule has 0 N–H and O–H groups in total. The van der Waals surface area contributed by atoms with E-state index in [1.807, 2.05) is 6.08 Å². The van der Waals surface area contributed by atoms with Gasteiger partial charge < -0.3 is 4.90 Å². The molecule has 2 atom stereocenters. The minimum absolute atomic E-state index is 0.607. The SMILES string of the molecule is C=C/C=C1/CN(C(C)C)C(C(C)CC)CN1C. The number of hydrogen-bond acceptors (Lipinski definition) is 2. The van der Waals surface area contributed by atoms with Gasteiger partial charge in [0.05, 0.1) is 0 Å². The Kier molecular flexibility index (Phi) is 5.26. The summed E-state index contributed by atoms with van der Waals surface area (Å²) < 4.78 is 0. The summed E-state index contributed by atoms with van der Waals surface area (Å²) >= 11 is 0. The van der Waals surface area contributed by atoms with Gasteiger partial charge in [-0.15, -0.1) is 0 Å². The van der Waals surface area contributed by atoms with Crippen molar-refractivity contribution >= 4 is 0 Å². The molecule has 0 spiro atoms. The molecule has 0 amide bonds. The number of likely N-dealkylation sites (N-methyl/N-ethyl adjacent to an activating group) is 1. The van der Waals surface area contributed by atoms with Gasteiger partial charge in [0.1, 0.15) is 0 Å². The van der Waals surface area contributed by atoms with E-state index in [-0.39, 0.29) is 0 Å². The molecule has 1 saturated heterocycles. The molecule has 0 radical (unpaired) electrons. The first-order chi connectivity index (χ1) is 8.01. The summed E-state index contributed by atoms with van der Waals surface area (Å²) in [4.78, 5) is 5.01. The maximum atomic E-state index is 3.81. The molecule has 2 unspecified atom stereocenters. The smallest absolute Gasteiger partial charge is 0.0390 e. The molecule has 2 nitrogen and oxygen atoms in total. The van der Waals surface area contributed by atoms with Crippen LogP contribution in [0.5, 0.6) is 0 Å². The van der Waals surface area contributed by atoms with Crippen LogP contribution in [-0.2, 0) is 0 Å².